The summed E-state index contributed by atoms with van der Waals surface area (Å²) in [5, 5.41) is 5.77. The van der Waals surface area contributed by atoms with E-state index in [1.807, 2.05) is 5.38 Å². The molecule has 1 aromatic heterocycles. The van der Waals surface area contributed by atoms with Crippen molar-refractivity contribution in [3.63, 3.8) is 0 Å². The number of hydrogen-bond acceptors (Lipinski definition) is 4. The van der Waals surface area contributed by atoms with Gasteiger partial charge in [-0.05, 0) is 12.1 Å². The van der Waals surface area contributed by atoms with Crippen LogP contribution in [0.1, 0.15) is 15.4 Å². The molecular formula is C11H10ClN3OS. The number of nitrogens with two attached hydrogens (primary N) is 1. The summed E-state index contributed by atoms with van der Waals surface area (Å²) >= 11 is 7.41. The van der Waals surface area contributed by atoms with Crippen molar-refractivity contribution in [1.29, 1.82) is 0 Å². The normalized spacial score (nSPS) is 10.2. The first-order valence-corrected chi connectivity index (χ1v) is 6.15. The van der Waals surface area contributed by atoms with Gasteiger partial charge in [-0.25, -0.2) is 4.98 Å². The number of amides is 1. The minimum absolute atomic E-state index is 0.289. The minimum Gasteiger partial charge on any atom is -0.398 e. The fourth-order valence-corrected chi connectivity index (χ4v) is 2.19. The highest BCUT2D eigenvalue weighted by Gasteiger charge is 2.13. The number of carbonyl (C=O) groups is 1. The average molecular weight is 268 g/mol. The lowest BCUT2D eigenvalue weighted by atomic mass is 10.1. The molecule has 0 bridgehead atoms. The molecule has 0 saturated carbocycles. The van der Waals surface area contributed by atoms with Crippen LogP contribution in [0.15, 0.2) is 29.8 Å². The molecule has 0 atom stereocenters. The van der Waals surface area contributed by atoms with E-state index in [0.29, 0.717) is 22.8 Å². The highest BCUT2D eigenvalue weighted by Crippen LogP contribution is 2.21. The largest absolute Gasteiger partial charge is 0.398 e. The molecule has 1 amide bonds. The van der Waals surface area contributed by atoms with Gasteiger partial charge in [-0.1, -0.05) is 17.7 Å². The van der Waals surface area contributed by atoms with Gasteiger partial charge in [-0.3, -0.25) is 4.79 Å². The third kappa shape index (κ3) is 2.75. The molecule has 17 heavy (non-hydrogen) atoms. The lowest BCUT2D eigenvalue weighted by molar-refractivity contribution is 0.0952. The Hall–Kier alpha value is -1.59. The number of hydrogen-bond donors (Lipinski definition) is 2. The van der Waals surface area contributed by atoms with Crippen LogP contribution in [0.25, 0.3) is 0 Å². The Balaban J connectivity index is 2.10. The van der Waals surface area contributed by atoms with E-state index in [0.717, 1.165) is 5.01 Å². The molecule has 4 nitrogen and oxygen atoms in total. The van der Waals surface area contributed by atoms with Crippen molar-refractivity contribution in [1.82, 2.24) is 10.3 Å². The first-order valence-electron chi connectivity index (χ1n) is 4.89. The van der Waals surface area contributed by atoms with Crippen LogP contribution in [0.2, 0.25) is 5.02 Å². The fourth-order valence-electron chi connectivity index (χ4n) is 1.36. The topological polar surface area (TPSA) is 68.0 Å². The van der Waals surface area contributed by atoms with Gasteiger partial charge in [0.25, 0.3) is 5.91 Å². The van der Waals surface area contributed by atoms with E-state index in [-0.39, 0.29) is 5.91 Å². The SMILES string of the molecule is Nc1cccc(Cl)c1C(=O)NCc1nccs1. The van der Waals surface area contributed by atoms with Crippen molar-refractivity contribution < 1.29 is 4.79 Å². The first kappa shape index (κ1) is 11.9. The zero-order chi connectivity index (χ0) is 12.3. The maximum Gasteiger partial charge on any atom is 0.255 e. The monoisotopic (exact) mass is 267 g/mol. The molecule has 0 aliphatic heterocycles. The molecule has 0 fully saturated rings. The fraction of sp³-hybridized carbons (Fsp3) is 0.0909. The molecule has 6 heteroatoms. The maximum absolute atomic E-state index is 11.9. The number of aromatic nitrogens is 1. The Morgan fingerprint density at radius 3 is 3.00 bits per heavy atom. The summed E-state index contributed by atoms with van der Waals surface area (Å²) in [5.74, 6) is -0.289. The molecule has 0 aliphatic rings. The van der Waals surface area contributed by atoms with Crippen molar-refractivity contribution in [2.75, 3.05) is 5.73 Å². The molecule has 0 saturated heterocycles. The van der Waals surface area contributed by atoms with Crippen LogP contribution < -0.4 is 11.1 Å². The van der Waals surface area contributed by atoms with Crippen LogP contribution in [0.5, 0.6) is 0 Å². The number of rotatable bonds is 3. The molecule has 1 aromatic carbocycles. The molecule has 88 valence electrons. The van der Waals surface area contributed by atoms with Gasteiger partial charge < -0.3 is 11.1 Å². The summed E-state index contributed by atoms with van der Waals surface area (Å²) in [7, 11) is 0. The van der Waals surface area contributed by atoms with Crippen molar-refractivity contribution >= 4 is 34.5 Å². The van der Waals surface area contributed by atoms with E-state index in [9.17, 15) is 4.79 Å². The number of nitrogens with zero attached hydrogens (tertiary/aromatic N) is 1. The third-order valence-electron chi connectivity index (χ3n) is 2.16. The molecule has 0 spiro atoms. The summed E-state index contributed by atoms with van der Waals surface area (Å²) in [5.41, 5.74) is 6.39. The molecule has 0 radical (unpaired) electrons. The Morgan fingerprint density at radius 1 is 1.53 bits per heavy atom. The lowest BCUT2D eigenvalue weighted by Crippen LogP contribution is -2.24. The number of benzene rings is 1. The van der Waals surface area contributed by atoms with E-state index in [2.05, 4.69) is 10.3 Å². The molecule has 2 rings (SSSR count). The predicted molar refractivity (Wildman–Crippen MR) is 69.1 cm³/mol. The second-order valence-corrected chi connectivity index (χ2v) is 4.70. The second kappa shape index (κ2) is 5.16. The quantitative estimate of drug-likeness (QED) is 0.839. The van der Waals surface area contributed by atoms with Crippen LogP contribution in [-0.2, 0) is 6.54 Å². The summed E-state index contributed by atoms with van der Waals surface area (Å²) in [6, 6.07) is 4.98. The third-order valence-corrected chi connectivity index (χ3v) is 3.25. The summed E-state index contributed by atoms with van der Waals surface area (Å²) < 4.78 is 0. The standard InChI is InChI=1S/C11H10ClN3OS/c12-7-2-1-3-8(13)10(7)11(16)15-6-9-14-4-5-17-9/h1-5H,6,13H2,(H,15,16). The van der Waals surface area contributed by atoms with Crippen molar-refractivity contribution in [3.05, 3.63) is 45.4 Å². The Morgan fingerprint density at radius 2 is 2.35 bits per heavy atom. The molecule has 3 N–H and O–H groups in total. The van der Waals surface area contributed by atoms with Crippen LogP contribution >= 0.6 is 22.9 Å². The van der Waals surface area contributed by atoms with Crippen molar-refractivity contribution in [2.45, 2.75) is 6.54 Å². The number of anilines is 1. The van der Waals surface area contributed by atoms with Crippen molar-refractivity contribution in [2.24, 2.45) is 0 Å². The van der Waals surface area contributed by atoms with E-state index in [1.165, 1.54) is 11.3 Å². The first-order chi connectivity index (χ1) is 8.18. The summed E-state index contributed by atoms with van der Waals surface area (Å²) in [6.07, 6.45) is 1.69. The predicted octanol–water partition coefficient (Wildman–Crippen LogP) is 2.31. The number of nitrogens with one attached hydrogen (secondary N) is 1. The van der Waals surface area contributed by atoms with Gasteiger partial charge in [0.2, 0.25) is 0 Å². The Bertz CT molecular complexity index is 507. The smallest absolute Gasteiger partial charge is 0.255 e. The van der Waals surface area contributed by atoms with Gasteiger partial charge >= 0.3 is 0 Å². The van der Waals surface area contributed by atoms with Gasteiger partial charge in [0.05, 0.1) is 17.1 Å². The molecular weight excluding hydrogens is 258 g/mol. The van der Waals surface area contributed by atoms with Crippen molar-refractivity contribution in [3.8, 4) is 0 Å². The number of thiazole rings is 1. The highest BCUT2D eigenvalue weighted by atomic mass is 35.5. The van der Waals surface area contributed by atoms with Gasteiger partial charge in [0.15, 0.2) is 0 Å². The van der Waals surface area contributed by atoms with Gasteiger partial charge in [-0.2, -0.15) is 0 Å². The average Bonchev–Trinajstić information content (AvgIpc) is 2.79. The zero-order valence-electron chi connectivity index (χ0n) is 8.81. The zero-order valence-corrected chi connectivity index (χ0v) is 10.4. The molecule has 1 heterocycles. The summed E-state index contributed by atoms with van der Waals surface area (Å²) in [4.78, 5) is 15.9. The van der Waals surface area contributed by atoms with Crippen LogP contribution in [0.3, 0.4) is 0 Å². The Kier molecular flexibility index (Phi) is 3.61. The van der Waals surface area contributed by atoms with Gasteiger partial charge in [0.1, 0.15) is 5.01 Å². The molecule has 0 aliphatic carbocycles. The highest BCUT2D eigenvalue weighted by molar-refractivity contribution is 7.09. The van der Waals surface area contributed by atoms with E-state index < -0.39 is 0 Å². The van der Waals surface area contributed by atoms with Gasteiger partial charge in [-0.15, -0.1) is 11.3 Å². The molecule has 0 unspecified atom stereocenters. The summed E-state index contributed by atoms with van der Waals surface area (Å²) in [6.45, 7) is 0.376. The lowest BCUT2D eigenvalue weighted by Gasteiger charge is -2.07. The minimum atomic E-state index is -0.289. The number of carbonyl (C=O) groups excluding carboxylic acids is 1. The van der Waals surface area contributed by atoms with E-state index >= 15 is 0 Å². The van der Waals surface area contributed by atoms with E-state index in [4.69, 9.17) is 17.3 Å². The van der Waals surface area contributed by atoms with E-state index in [1.54, 1.807) is 24.4 Å². The van der Waals surface area contributed by atoms with Crippen LogP contribution in [-0.4, -0.2) is 10.9 Å². The number of halogens is 1. The second-order valence-electron chi connectivity index (χ2n) is 3.31. The Labute approximate surface area is 107 Å². The van der Waals surface area contributed by atoms with Crippen LogP contribution in [0, 0.1) is 0 Å². The molecule has 2 aromatic rings. The van der Waals surface area contributed by atoms with Crippen LogP contribution in [0.4, 0.5) is 5.69 Å². The maximum atomic E-state index is 11.9. The van der Waals surface area contributed by atoms with Gasteiger partial charge in [0, 0.05) is 17.3 Å². The number of nitrogen functional groups attached to an aromatic ring is 1.